The van der Waals surface area contributed by atoms with Gasteiger partial charge in [-0.15, -0.1) is 0 Å². The van der Waals surface area contributed by atoms with Crippen molar-refractivity contribution >= 4 is 49.2 Å². The first-order valence-corrected chi connectivity index (χ1v) is 9.07. The summed E-state index contributed by atoms with van der Waals surface area (Å²) in [5, 5.41) is 0.268. The molecule has 0 aromatic heterocycles. The fraction of sp³-hybridized carbons (Fsp3) is 0.133. The number of benzene rings is 2. The number of anilines is 1. The maximum Gasteiger partial charge on any atom is 0.337 e. The van der Waals surface area contributed by atoms with Crippen molar-refractivity contribution in [1.29, 1.82) is 0 Å². The molecule has 0 fully saturated rings. The summed E-state index contributed by atoms with van der Waals surface area (Å²) < 4.78 is 32.8. The van der Waals surface area contributed by atoms with Crippen LogP contribution in [0.2, 0.25) is 5.02 Å². The van der Waals surface area contributed by atoms with Gasteiger partial charge >= 0.3 is 5.97 Å². The fourth-order valence-electron chi connectivity index (χ4n) is 1.93. The van der Waals surface area contributed by atoms with Gasteiger partial charge in [0.15, 0.2) is 0 Å². The van der Waals surface area contributed by atoms with Crippen LogP contribution in [-0.4, -0.2) is 21.5 Å². The van der Waals surface area contributed by atoms with E-state index in [2.05, 4.69) is 25.4 Å². The predicted molar refractivity (Wildman–Crippen MR) is 92.5 cm³/mol. The zero-order valence-corrected chi connectivity index (χ0v) is 15.4. The van der Waals surface area contributed by atoms with Crippen molar-refractivity contribution in [1.82, 2.24) is 0 Å². The second kappa shape index (κ2) is 6.90. The summed E-state index contributed by atoms with van der Waals surface area (Å²) >= 11 is 9.39. The summed E-state index contributed by atoms with van der Waals surface area (Å²) in [5.41, 5.74) is 1.10. The molecule has 0 aliphatic heterocycles. The first kappa shape index (κ1) is 17.8. The number of hydrogen-bond acceptors (Lipinski definition) is 4. The molecule has 0 aliphatic carbocycles. The summed E-state index contributed by atoms with van der Waals surface area (Å²) in [6.45, 7) is 1.74. The Morgan fingerprint density at radius 2 is 1.96 bits per heavy atom. The zero-order valence-electron chi connectivity index (χ0n) is 12.3. The van der Waals surface area contributed by atoms with E-state index in [-0.39, 0.29) is 15.5 Å². The Balaban J connectivity index is 2.42. The molecular weight excluding hydrogens is 406 g/mol. The number of carbonyl (C=O) groups is 1. The van der Waals surface area contributed by atoms with Crippen LogP contribution < -0.4 is 4.72 Å². The second-order valence-electron chi connectivity index (χ2n) is 4.70. The van der Waals surface area contributed by atoms with Gasteiger partial charge in [0, 0.05) is 4.47 Å². The average molecular weight is 419 g/mol. The van der Waals surface area contributed by atoms with Crippen LogP contribution in [0.4, 0.5) is 5.69 Å². The van der Waals surface area contributed by atoms with E-state index in [1.54, 1.807) is 19.1 Å². The average Bonchev–Trinajstić information content (AvgIpc) is 2.50. The Morgan fingerprint density at radius 1 is 1.26 bits per heavy atom. The quantitative estimate of drug-likeness (QED) is 0.762. The standard InChI is InChI=1S/C15H13BrClNO4S/c1-9-6-11(16)8-13(17)14(9)18-23(20,21)12-5-3-4-10(7-12)15(19)22-2/h3-8,18H,1-2H3. The summed E-state index contributed by atoms with van der Waals surface area (Å²) in [7, 11) is -2.66. The molecule has 0 saturated heterocycles. The monoisotopic (exact) mass is 417 g/mol. The lowest BCUT2D eigenvalue weighted by molar-refractivity contribution is 0.0600. The molecule has 2 rings (SSSR count). The highest BCUT2D eigenvalue weighted by molar-refractivity contribution is 9.10. The summed E-state index contributed by atoms with van der Waals surface area (Å²) in [6, 6.07) is 8.92. The molecule has 8 heteroatoms. The highest BCUT2D eigenvalue weighted by Crippen LogP contribution is 2.31. The number of carbonyl (C=O) groups excluding carboxylic acids is 1. The number of nitrogens with one attached hydrogen (secondary N) is 1. The van der Waals surface area contributed by atoms with Crippen molar-refractivity contribution in [2.24, 2.45) is 0 Å². The second-order valence-corrected chi connectivity index (χ2v) is 7.71. The Hall–Kier alpha value is -1.57. The third-order valence-electron chi connectivity index (χ3n) is 3.05. The lowest BCUT2D eigenvalue weighted by Crippen LogP contribution is -2.15. The van der Waals surface area contributed by atoms with Crippen molar-refractivity contribution in [2.75, 3.05) is 11.8 Å². The largest absolute Gasteiger partial charge is 0.465 e. The molecule has 5 nitrogen and oxygen atoms in total. The minimum absolute atomic E-state index is 0.0567. The summed E-state index contributed by atoms with van der Waals surface area (Å²) in [6.07, 6.45) is 0. The predicted octanol–water partition coefficient (Wildman–Crippen LogP) is 4.00. The van der Waals surface area contributed by atoms with E-state index < -0.39 is 16.0 Å². The fourth-order valence-corrected chi connectivity index (χ4v) is 4.20. The zero-order chi connectivity index (χ0) is 17.2. The van der Waals surface area contributed by atoms with Crippen LogP contribution in [0.5, 0.6) is 0 Å². The number of methoxy groups -OCH3 is 1. The van der Waals surface area contributed by atoms with Gasteiger partial charge in [0.25, 0.3) is 10.0 Å². The van der Waals surface area contributed by atoms with Crippen LogP contribution in [-0.2, 0) is 14.8 Å². The van der Waals surface area contributed by atoms with Crippen LogP contribution in [0.25, 0.3) is 0 Å². The van der Waals surface area contributed by atoms with Crippen molar-refractivity contribution in [2.45, 2.75) is 11.8 Å². The van der Waals surface area contributed by atoms with Crippen LogP contribution in [0, 0.1) is 6.92 Å². The summed E-state index contributed by atoms with van der Waals surface area (Å²) in [5.74, 6) is -0.611. The first-order valence-electron chi connectivity index (χ1n) is 6.41. The van der Waals surface area contributed by atoms with Gasteiger partial charge in [-0.2, -0.15) is 0 Å². The van der Waals surface area contributed by atoms with Gasteiger partial charge in [-0.25, -0.2) is 13.2 Å². The number of halogens is 2. The molecule has 0 unspecified atom stereocenters. The van der Waals surface area contributed by atoms with Gasteiger partial charge in [0.1, 0.15) is 0 Å². The molecule has 2 aromatic carbocycles. The van der Waals surface area contributed by atoms with E-state index in [1.807, 2.05) is 0 Å². The van der Waals surface area contributed by atoms with E-state index in [1.165, 1.54) is 31.4 Å². The third-order valence-corrected chi connectivity index (χ3v) is 5.16. The summed E-state index contributed by atoms with van der Waals surface area (Å²) in [4.78, 5) is 11.5. The molecule has 1 N–H and O–H groups in total. The van der Waals surface area contributed by atoms with Crippen LogP contribution in [0.15, 0.2) is 45.8 Å². The van der Waals surface area contributed by atoms with Crippen LogP contribution in [0.1, 0.15) is 15.9 Å². The number of ether oxygens (including phenoxy) is 1. The Bertz CT molecular complexity index is 845. The Kier molecular flexibility index (Phi) is 5.33. The smallest absolute Gasteiger partial charge is 0.337 e. The van der Waals surface area contributed by atoms with Gasteiger partial charge in [-0.3, -0.25) is 4.72 Å². The molecule has 23 heavy (non-hydrogen) atoms. The van der Waals surface area contributed by atoms with Crippen molar-refractivity contribution < 1.29 is 17.9 Å². The molecule has 0 radical (unpaired) electrons. The topological polar surface area (TPSA) is 72.5 Å². The van der Waals surface area contributed by atoms with Crippen molar-refractivity contribution in [3.8, 4) is 0 Å². The highest BCUT2D eigenvalue weighted by atomic mass is 79.9. The maximum absolute atomic E-state index is 12.5. The van der Waals surface area contributed by atoms with Crippen molar-refractivity contribution in [3.63, 3.8) is 0 Å². The van der Waals surface area contributed by atoms with Gasteiger partial charge in [-0.05, 0) is 42.8 Å². The van der Waals surface area contributed by atoms with E-state index >= 15 is 0 Å². The van der Waals surface area contributed by atoms with Gasteiger partial charge in [0.05, 0.1) is 28.3 Å². The minimum Gasteiger partial charge on any atom is -0.465 e. The highest BCUT2D eigenvalue weighted by Gasteiger charge is 2.19. The molecule has 0 amide bonds. The van der Waals surface area contributed by atoms with E-state index in [0.717, 1.165) is 4.47 Å². The van der Waals surface area contributed by atoms with Crippen molar-refractivity contribution in [3.05, 3.63) is 57.0 Å². The van der Waals surface area contributed by atoms with Gasteiger partial charge in [0.2, 0.25) is 0 Å². The number of hydrogen-bond donors (Lipinski definition) is 1. The number of esters is 1. The first-order chi connectivity index (χ1) is 10.7. The van der Waals surface area contributed by atoms with Gasteiger partial charge < -0.3 is 4.74 Å². The maximum atomic E-state index is 12.5. The van der Waals surface area contributed by atoms with E-state index in [9.17, 15) is 13.2 Å². The molecule has 0 aliphatic rings. The van der Waals surface area contributed by atoms with E-state index in [4.69, 9.17) is 11.6 Å². The van der Waals surface area contributed by atoms with Gasteiger partial charge in [-0.1, -0.05) is 33.6 Å². The lowest BCUT2D eigenvalue weighted by atomic mass is 10.2. The molecule has 0 spiro atoms. The number of aryl methyl sites for hydroxylation is 1. The molecule has 2 aromatic rings. The SMILES string of the molecule is COC(=O)c1cccc(S(=O)(=O)Nc2c(C)cc(Br)cc2Cl)c1. The molecular formula is C15H13BrClNO4S. The Morgan fingerprint density at radius 3 is 2.57 bits per heavy atom. The Labute approximate surface area is 147 Å². The number of sulfonamides is 1. The normalized spacial score (nSPS) is 11.1. The minimum atomic E-state index is -3.89. The molecule has 122 valence electrons. The van der Waals surface area contributed by atoms with Crippen LogP contribution in [0.3, 0.4) is 0 Å². The lowest BCUT2D eigenvalue weighted by Gasteiger charge is -2.13. The van der Waals surface area contributed by atoms with E-state index in [0.29, 0.717) is 11.3 Å². The third kappa shape index (κ3) is 4.04. The molecule has 0 saturated carbocycles. The number of rotatable bonds is 4. The molecule has 0 atom stereocenters. The molecule has 0 heterocycles. The van der Waals surface area contributed by atoms with Crippen LogP contribution >= 0.6 is 27.5 Å². The molecule has 0 bridgehead atoms.